The van der Waals surface area contributed by atoms with Gasteiger partial charge in [0.25, 0.3) is 0 Å². The van der Waals surface area contributed by atoms with E-state index in [9.17, 15) is 0 Å². The van der Waals surface area contributed by atoms with E-state index in [4.69, 9.17) is 0 Å². The summed E-state index contributed by atoms with van der Waals surface area (Å²) < 4.78 is 2.10. The number of aryl methyl sites for hydroxylation is 2. The summed E-state index contributed by atoms with van der Waals surface area (Å²) in [6.45, 7) is 8.33. The molecule has 0 aromatic carbocycles. The van der Waals surface area contributed by atoms with Crippen molar-refractivity contribution in [2.24, 2.45) is 0 Å². The Morgan fingerprint density at radius 2 is 2.15 bits per heavy atom. The number of nitrogens with zero attached hydrogens (tertiary/aromatic N) is 3. The maximum atomic E-state index is 4.66. The van der Waals surface area contributed by atoms with Gasteiger partial charge < -0.3 is 5.32 Å². The summed E-state index contributed by atoms with van der Waals surface area (Å²) >= 11 is 0. The van der Waals surface area contributed by atoms with Gasteiger partial charge in [0.05, 0.1) is 17.4 Å². The van der Waals surface area contributed by atoms with E-state index in [0.717, 1.165) is 31.6 Å². The summed E-state index contributed by atoms with van der Waals surface area (Å²) in [5, 5.41) is 8.27. The Morgan fingerprint density at radius 3 is 2.75 bits per heavy atom. The Bertz CT molecular complexity index is 519. The standard InChI is InChI=1S/C16H24N4/c1-4-9-18-16(13-8-7-10-17-12-13)15-11-14(5-2)19-20(15)6-3/h7-8,10-12,16,18H,4-6,9H2,1-3H3. The smallest absolute Gasteiger partial charge is 0.0763 e. The van der Waals surface area contributed by atoms with Crippen LogP contribution in [0.2, 0.25) is 0 Å². The summed E-state index contributed by atoms with van der Waals surface area (Å²) in [5.74, 6) is 0. The van der Waals surface area contributed by atoms with Gasteiger partial charge in [0, 0.05) is 18.9 Å². The van der Waals surface area contributed by atoms with Crippen LogP contribution in [-0.2, 0) is 13.0 Å². The molecule has 2 rings (SSSR count). The summed E-state index contributed by atoms with van der Waals surface area (Å²) in [6.07, 6.45) is 5.83. The lowest BCUT2D eigenvalue weighted by molar-refractivity contribution is 0.527. The second-order valence-corrected chi connectivity index (χ2v) is 4.90. The molecule has 0 saturated heterocycles. The highest BCUT2D eigenvalue weighted by Gasteiger charge is 2.18. The van der Waals surface area contributed by atoms with Gasteiger partial charge in [0.15, 0.2) is 0 Å². The largest absolute Gasteiger partial charge is 0.305 e. The van der Waals surface area contributed by atoms with Crippen LogP contribution in [0.1, 0.15) is 50.2 Å². The Kier molecular flexibility index (Phi) is 5.30. The maximum absolute atomic E-state index is 4.66. The van der Waals surface area contributed by atoms with E-state index in [-0.39, 0.29) is 6.04 Å². The monoisotopic (exact) mass is 272 g/mol. The minimum absolute atomic E-state index is 0.163. The number of aromatic nitrogens is 3. The molecule has 0 saturated carbocycles. The Labute approximate surface area is 121 Å². The molecule has 0 fully saturated rings. The van der Waals surface area contributed by atoms with Gasteiger partial charge in [-0.25, -0.2) is 0 Å². The van der Waals surface area contributed by atoms with Gasteiger partial charge in [0.2, 0.25) is 0 Å². The number of hydrogen-bond donors (Lipinski definition) is 1. The van der Waals surface area contributed by atoms with Crippen LogP contribution in [0.25, 0.3) is 0 Å². The van der Waals surface area contributed by atoms with Crippen molar-refractivity contribution in [3.8, 4) is 0 Å². The van der Waals surface area contributed by atoms with E-state index in [1.807, 2.05) is 18.5 Å². The van der Waals surface area contributed by atoms with Crippen LogP contribution < -0.4 is 5.32 Å². The van der Waals surface area contributed by atoms with Crippen molar-refractivity contribution in [3.63, 3.8) is 0 Å². The predicted molar refractivity (Wildman–Crippen MR) is 81.7 cm³/mol. The van der Waals surface area contributed by atoms with Gasteiger partial charge in [-0.2, -0.15) is 5.10 Å². The molecule has 1 N–H and O–H groups in total. The zero-order chi connectivity index (χ0) is 14.4. The molecule has 0 aliphatic heterocycles. The quantitative estimate of drug-likeness (QED) is 0.842. The van der Waals surface area contributed by atoms with E-state index >= 15 is 0 Å². The molecule has 4 nitrogen and oxygen atoms in total. The summed E-state index contributed by atoms with van der Waals surface area (Å²) in [4.78, 5) is 4.25. The third kappa shape index (κ3) is 3.25. The Balaban J connectivity index is 2.38. The highest BCUT2D eigenvalue weighted by Crippen LogP contribution is 2.22. The van der Waals surface area contributed by atoms with Crippen molar-refractivity contribution in [1.29, 1.82) is 0 Å². The fourth-order valence-corrected chi connectivity index (χ4v) is 2.37. The minimum Gasteiger partial charge on any atom is -0.305 e. The second kappa shape index (κ2) is 7.20. The Hall–Kier alpha value is -1.68. The fourth-order valence-electron chi connectivity index (χ4n) is 2.37. The van der Waals surface area contributed by atoms with Crippen molar-refractivity contribution in [3.05, 3.63) is 47.5 Å². The highest BCUT2D eigenvalue weighted by molar-refractivity contribution is 5.27. The van der Waals surface area contributed by atoms with Crippen LogP contribution in [0, 0.1) is 0 Å². The van der Waals surface area contributed by atoms with Crippen molar-refractivity contribution >= 4 is 0 Å². The zero-order valence-electron chi connectivity index (χ0n) is 12.6. The second-order valence-electron chi connectivity index (χ2n) is 4.90. The third-order valence-electron chi connectivity index (χ3n) is 3.44. The lowest BCUT2D eigenvalue weighted by Gasteiger charge is -2.19. The molecule has 4 heteroatoms. The van der Waals surface area contributed by atoms with E-state index in [1.54, 1.807) is 0 Å². The average molecular weight is 272 g/mol. The minimum atomic E-state index is 0.163. The lowest BCUT2D eigenvalue weighted by Crippen LogP contribution is -2.25. The topological polar surface area (TPSA) is 42.7 Å². The normalized spacial score (nSPS) is 12.6. The summed E-state index contributed by atoms with van der Waals surface area (Å²) in [7, 11) is 0. The van der Waals surface area contributed by atoms with E-state index in [0.29, 0.717) is 0 Å². The summed E-state index contributed by atoms with van der Waals surface area (Å²) in [6, 6.07) is 6.49. The molecule has 0 amide bonds. The van der Waals surface area contributed by atoms with Crippen molar-refractivity contribution in [2.75, 3.05) is 6.54 Å². The molecule has 0 bridgehead atoms. The molecule has 0 radical (unpaired) electrons. The van der Waals surface area contributed by atoms with E-state index in [2.05, 4.69) is 53.0 Å². The number of hydrogen-bond acceptors (Lipinski definition) is 3. The van der Waals surface area contributed by atoms with Crippen LogP contribution >= 0.6 is 0 Å². The van der Waals surface area contributed by atoms with Gasteiger partial charge in [-0.15, -0.1) is 0 Å². The van der Waals surface area contributed by atoms with Gasteiger partial charge in [-0.1, -0.05) is 19.9 Å². The van der Waals surface area contributed by atoms with E-state index < -0.39 is 0 Å². The maximum Gasteiger partial charge on any atom is 0.0763 e. The molecule has 0 aliphatic rings. The van der Waals surface area contributed by atoms with Crippen LogP contribution in [-0.4, -0.2) is 21.3 Å². The molecule has 1 unspecified atom stereocenters. The number of nitrogens with one attached hydrogen (secondary N) is 1. The van der Waals surface area contributed by atoms with Gasteiger partial charge in [-0.3, -0.25) is 9.67 Å². The molecular weight excluding hydrogens is 248 g/mol. The lowest BCUT2D eigenvalue weighted by atomic mass is 10.0. The first-order chi connectivity index (χ1) is 9.80. The van der Waals surface area contributed by atoms with Crippen LogP contribution in [0.15, 0.2) is 30.6 Å². The number of pyridine rings is 1. The number of rotatable bonds is 7. The van der Waals surface area contributed by atoms with Crippen molar-refractivity contribution in [1.82, 2.24) is 20.1 Å². The highest BCUT2D eigenvalue weighted by atomic mass is 15.3. The molecular formula is C16H24N4. The molecule has 2 aromatic heterocycles. The van der Waals surface area contributed by atoms with Crippen LogP contribution in [0.5, 0.6) is 0 Å². The first-order valence-corrected chi connectivity index (χ1v) is 7.50. The molecule has 2 heterocycles. The molecule has 0 spiro atoms. The van der Waals surface area contributed by atoms with Crippen molar-refractivity contribution in [2.45, 2.75) is 46.2 Å². The van der Waals surface area contributed by atoms with Gasteiger partial charge in [-0.05, 0) is 44.0 Å². The summed E-state index contributed by atoms with van der Waals surface area (Å²) in [5.41, 5.74) is 3.57. The molecule has 0 aliphatic carbocycles. The van der Waals surface area contributed by atoms with Crippen molar-refractivity contribution < 1.29 is 0 Å². The third-order valence-corrected chi connectivity index (χ3v) is 3.44. The molecule has 1 atom stereocenters. The first kappa shape index (κ1) is 14.7. The van der Waals surface area contributed by atoms with Crippen LogP contribution in [0.3, 0.4) is 0 Å². The Morgan fingerprint density at radius 1 is 1.30 bits per heavy atom. The SMILES string of the molecule is CCCNC(c1cccnc1)c1cc(CC)nn1CC. The zero-order valence-corrected chi connectivity index (χ0v) is 12.6. The average Bonchev–Trinajstić information content (AvgIpc) is 2.92. The van der Waals surface area contributed by atoms with E-state index in [1.165, 1.54) is 11.3 Å². The molecule has 108 valence electrons. The van der Waals surface area contributed by atoms with Gasteiger partial charge in [0.1, 0.15) is 0 Å². The fraction of sp³-hybridized carbons (Fsp3) is 0.500. The van der Waals surface area contributed by atoms with Crippen LogP contribution in [0.4, 0.5) is 0 Å². The molecule has 20 heavy (non-hydrogen) atoms. The predicted octanol–water partition coefficient (Wildman–Crippen LogP) is 2.95. The van der Waals surface area contributed by atoms with Gasteiger partial charge >= 0.3 is 0 Å². The molecule has 2 aromatic rings. The first-order valence-electron chi connectivity index (χ1n) is 7.50.